The van der Waals surface area contributed by atoms with Crippen LogP contribution in [-0.4, -0.2) is 31.3 Å². The molecular weight excluding hydrogens is 346 g/mol. The number of carbonyl (C=O) groups excluding carboxylic acids is 2. The molecule has 0 radical (unpaired) electrons. The Morgan fingerprint density at radius 3 is 2.30 bits per heavy atom. The monoisotopic (exact) mass is 371 g/mol. The fourth-order valence-corrected chi connectivity index (χ4v) is 2.39. The molecule has 2 aromatic carbocycles. The van der Waals surface area contributed by atoms with Gasteiger partial charge >= 0.3 is 12.1 Å². The number of carbonyl (C=O) groups is 2. The quantitative estimate of drug-likeness (QED) is 0.509. The van der Waals surface area contributed by atoms with Gasteiger partial charge in [-0.25, -0.2) is 9.59 Å². The largest absolute Gasteiger partial charge is 0.494 e. The number of amides is 1. The second-order valence-electron chi connectivity index (χ2n) is 5.81. The van der Waals surface area contributed by atoms with Gasteiger partial charge in [0.15, 0.2) is 0 Å². The molecule has 1 atom stereocenters. The van der Waals surface area contributed by atoms with Crippen molar-refractivity contribution >= 4 is 12.1 Å². The Balaban J connectivity index is 1.78. The van der Waals surface area contributed by atoms with Gasteiger partial charge in [0, 0.05) is 0 Å². The van der Waals surface area contributed by atoms with E-state index in [9.17, 15) is 9.59 Å². The first-order chi connectivity index (χ1) is 13.2. The van der Waals surface area contributed by atoms with E-state index in [1.807, 2.05) is 60.7 Å². The van der Waals surface area contributed by atoms with Crippen LogP contribution in [0.3, 0.4) is 0 Å². The molecule has 0 saturated heterocycles. The number of benzene rings is 2. The molecule has 0 fully saturated rings. The van der Waals surface area contributed by atoms with E-state index in [0.717, 1.165) is 11.3 Å². The Morgan fingerprint density at radius 2 is 1.63 bits per heavy atom. The molecule has 0 heterocycles. The molecule has 27 heavy (non-hydrogen) atoms. The van der Waals surface area contributed by atoms with Crippen molar-refractivity contribution in [3.63, 3.8) is 0 Å². The second-order valence-corrected chi connectivity index (χ2v) is 5.81. The minimum Gasteiger partial charge on any atom is -0.494 e. The normalized spacial score (nSPS) is 11.3. The molecular formula is C21H25NO5. The molecule has 0 spiro atoms. The second kappa shape index (κ2) is 11.6. The van der Waals surface area contributed by atoms with Crippen LogP contribution in [0.4, 0.5) is 4.79 Å². The number of hydrogen-bond donors (Lipinski definition) is 1. The van der Waals surface area contributed by atoms with Crippen LogP contribution in [0.15, 0.2) is 60.7 Å². The first-order valence-corrected chi connectivity index (χ1v) is 9.00. The summed E-state index contributed by atoms with van der Waals surface area (Å²) in [5.41, 5.74) is 0.872. The number of ether oxygens (including phenoxy) is 3. The maximum atomic E-state index is 12.1. The minimum atomic E-state index is -0.771. The standard InChI is InChI=1S/C21H25NO5/c1-2-25-20(23)19(14-9-15-26-18-12-7-4-8-13-18)22-21(24)27-16-17-10-5-3-6-11-17/h3-8,10-13,19H,2,9,14-16H2,1H3,(H,22,24)/t19-/m1/s1. The highest BCUT2D eigenvalue weighted by atomic mass is 16.6. The third kappa shape index (κ3) is 7.81. The molecule has 0 unspecified atom stereocenters. The fourth-order valence-electron chi connectivity index (χ4n) is 2.39. The molecule has 1 amide bonds. The average molecular weight is 371 g/mol. The Bertz CT molecular complexity index is 690. The molecule has 0 aromatic heterocycles. The molecule has 6 heteroatoms. The van der Waals surface area contributed by atoms with Gasteiger partial charge in [0.2, 0.25) is 0 Å². The van der Waals surface area contributed by atoms with Crippen molar-refractivity contribution < 1.29 is 23.8 Å². The highest BCUT2D eigenvalue weighted by molar-refractivity contribution is 5.81. The van der Waals surface area contributed by atoms with Crippen LogP contribution in [0.2, 0.25) is 0 Å². The summed E-state index contributed by atoms with van der Waals surface area (Å²) in [6, 6.07) is 18.0. The fraction of sp³-hybridized carbons (Fsp3) is 0.333. The van der Waals surface area contributed by atoms with E-state index in [1.165, 1.54) is 0 Å². The number of hydrogen-bond acceptors (Lipinski definition) is 5. The molecule has 2 rings (SSSR count). The number of nitrogens with one attached hydrogen (secondary N) is 1. The zero-order valence-electron chi connectivity index (χ0n) is 15.4. The van der Waals surface area contributed by atoms with Crippen molar-refractivity contribution in [2.24, 2.45) is 0 Å². The van der Waals surface area contributed by atoms with Crippen LogP contribution < -0.4 is 10.1 Å². The summed E-state index contributed by atoms with van der Waals surface area (Å²) in [6.07, 6.45) is 0.324. The van der Waals surface area contributed by atoms with Crippen LogP contribution in [0.5, 0.6) is 5.75 Å². The zero-order valence-corrected chi connectivity index (χ0v) is 15.4. The van der Waals surface area contributed by atoms with Gasteiger partial charge in [-0.05, 0) is 37.5 Å². The lowest BCUT2D eigenvalue weighted by atomic mass is 10.1. The smallest absolute Gasteiger partial charge is 0.408 e. The lowest BCUT2D eigenvalue weighted by molar-refractivity contribution is -0.145. The van der Waals surface area contributed by atoms with Crippen LogP contribution in [-0.2, 0) is 20.9 Å². The van der Waals surface area contributed by atoms with Gasteiger partial charge in [-0.2, -0.15) is 0 Å². The van der Waals surface area contributed by atoms with Gasteiger partial charge in [0.05, 0.1) is 13.2 Å². The minimum absolute atomic E-state index is 0.138. The predicted octanol–water partition coefficient (Wildman–Crippen LogP) is 3.70. The van der Waals surface area contributed by atoms with E-state index in [4.69, 9.17) is 14.2 Å². The van der Waals surface area contributed by atoms with E-state index < -0.39 is 18.1 Å². The van der Waals surface area contributed by atoms with Crippen molar-refractivity contribution in [1.82, 2.24) is 5.32 Å². The van der Waals surface area contributed by atoms with Crippen molar-refractivity contribution in [2.45, 2.75) is 32.4 Å². The number of rotatable bonds is 10. The summed E-state index contributed by atoms with van der Waals surface area (Å²) in [4.78, 5) is 24.1. The number of esters is 1. The van der Waals surface area contributed by atoms with Crippen molar-refractivity contribution in [1.29, 1.82) is 0 Å². The third-order valence-electron chi connectivity index (χ3n) is 3.73. The van der Waals surface area contributed by atoms with Gasteiger partial charge in [0.25, 0.3) is 0 Å². The zero-order chi connectivity index (χ0) is 19.3. The molecule has 6 nitrogen and oxygen atoms in total. The Kier molecular flexibility index (Phi) is 8.69. The first-order valence-electron chi connectivity index (χ1n) is 9.00. The number of para-hydroxylation sites is 1. The van der Waals surface area contributed by atoms with Crippen molar-refractivity contribution in [3.05, 3.63) is 66.2 Å². The van der Waals surface area contributed by atoms with E-state index in [1.54, 1.807) is 6.92 Å². The van der Waals surface area contributed by atoms with E-state index in [2.05, 4.69) is 5.32 Å². The SMILES string of the molecule is CCOC(=O)[C@@H](CCCOc1ccccc1)NC(=O)OCc1ccccc1. The summed E-state index contributed by atoms with van der Waals surface area (Å²) in [7, 11) is 0. The predicted molar refractivity (Wildman–Crippen MR) is 101 cm³/mol. The highest BCUT2D eigenvalue weighted by Crippen LogP contribution is 2.10. The molecule has 0 bridgehead atoms. The van der Waals surface area contributed by atoms with Gasteiger partial charge in [-0.3, -0.25) is 0 Å². The van der Waals surface area contributed by atoms with Crippen LogP contribution >= 0.6 is 0 Å². The van der Waals surface area contributed by atoms with Crippen molar-refractivity contribution in [3.8, 4) is 5.75 Å². The van der Waals surface area contributed by atoms with E-state index in [0.29, 0.717) is 19.4 Å². The highest BCUT2D eigenvalue weighted by Gasteiger charge is 2.22. The Labute approximate surface area is 159 Å². The summed E-state index contributed by atoms with van der Waals surface area (Å²) in [5.74, 6) is 0.286. The summed E-state index contributed by atoms with van der Waals surface area (Å²) < 4.78 is 15.8. The van der Waals surface area contributed by atoms with Crippen molar-refractivity contribution in [2.75, 3.05) is 13.2 Å². The maximum absolute atomic E-state index is 12.1. The lowest BCUT2D eigenvalue weighted by Gasteiger charge is -2.17. The third-order valence-corrected chi connectivity index (χ3v) is 3.73. The maximum Gasteiger partial charge on any atom is 0.408 e. The molecule has 2 aromatic rings. The van der Waals surface area contributed by atoms with Crippen LogP contribution in [0.1, 0.15) is 25.3 Å². The lowest BCUT2D eigenvalue weighted by Crippen LogP contribution is -2.42. The van der Waals surface area contributed by atoms with Crippen LogP contribution in [0, 0.1) is 0 Å². The molecule has 1 N–H and O–H groups in total. The molecule has 0 aliphatic heterocycles. The van der Waals surface area contributed by atoms with Gasteiger partial charge in [-0.15, -0.1) is 0 Å². The van der Waals surface area contributed by atoms with E-state index in [-0.39, 0.29) is 13.2 Å². The summed E-state index contributed by atoms with van der Waals surface area (Å²) >= 11 is 0. The number of alkyl carbamates (subject to hydrolysis) is 1. The summed E-state index contributed by atoms with van der Waals surface area (Å²) in [5, 5.41) is 2.58. The average Bonchev–Trinajstić information content (AvgIpc) is 2.70. The van der Waals surface area contributed by atoms with Gasteiger partial charge < -0.3 is 19.5 Å². The molecule has 144 valence electrons. The summed E-state index contributed by atoms with van der Waals surface area (Å²) in [6.45, 7) is 2.54. The molecule has 0 saturated carbocycles. The molecule has 0 aliphatic carbocycles. The van der Waals surface area contributed by atoms with E-state index >= 15 is 0 Å². The first kappa shape index (κ1) is 20.3. The van der Waals surface area contributed by atoms with Gasteiger partial charge in [0.1, 0.15) is 18.4 Å². The van der Waals surface area contributed by atoms with Crippen LogP contribution in [0.25, 0.3) is 0 Å². The van der Waals surface area contributed by atoms with Gasteiger partial charge in [-0.1, -0.05) is 48.5 Å². The Morgan fingerprint density at radius 1 is 0.963 bits per heavy atom. The Hall–Kier alpha value is -3.02. The molecule has 0 aliphatic rings. The topological polar surface area (TPSA) is 73.9 Å².